The molecule has 0 radical (unpaired) electrons. The number of aliphatic hydroxyl groups excluding tert-OH is 2. The summed E-state index contributed by atoms with van der Waals surface area (Å²) in [5.74, 6) is 0.924. The van der Waals surface area contributed by atoms with Gasteiger partial charge in [-0.15, -0.1) is 0 Å². The van der Waals surface area contributed by atoms with Gasteiger partial charge in [0.2, 0.25) is 0 Å². The van der Waals surface area contributed by atoms with Crippen molar-refractivity contribution in [1.82, 2.24) is 9.88 Å². The number of piperidine rings is 1. The number of pyridine rings is 1. The molecule has 4 rings (SSSR count). The van der Waals surface area contributed by atoms with E-state index in [-0.39, 0.29) is 18.6 Å². The molecule has 2 N–H and O–H groups in total. The van der Waals surface area contributed by atoms with Gasteiger partial charge in [0.1, 0.15) is 0 Å². The van der Waals surface area contributed by atoms with Crippen molar-refractivity contribution in [2.45, 2.75) is 6.54 Å². The molecule has 4 heteroatoms. The molecule has 2 aliphatic rings. The highest BCUT2D eigenvalue weighted by Gasteiger charge is 2.67. The lowest BCUT2D eigenvalue weighted by Gasteiger charge is -2.24. The first kappa shape index (κ1) is 13.2. The third-order valence-electron chi connectivity index (χ3n) is 5.52. The van der Waals surface area contributed by atoms with Gasteiger partial charge in [0.25, 0.3) is 0 Å². The van der Waals surface area contributed by atoms with Gasteiger partial charge in [-0.05, 0) is 28.9 Å². The Morgan fingerprint density at radius 2 is 1.90 bits per heavy atom. The zero-order valence-electron chi connectivity index (χ0n) is 11.9. The summed E-state index contributed by atoms with van der Waals surface area (Å²) in [6.07, 6.45) is 3.75. The van der Waals surface area contributed by atoms with E-state index in [1.54, 1.807) is 0 Å². The summed E-state index contributed by atoms with van der Waals surface area (Å²) in [6, 6.07) is 8.43. The van der Waals surface area contributed by atoms with E-state index in [1.165, 1.54) is 16.3 Å². The lowest BCUT2D eigenvalue weighted by atomic mass is 10.0. The van der Waals surface area contributed by atoms with E-state index >= 15 is 0 Å². The molecule has 4 nitrogen and oxygen atoms in total. The summed E-state index contributed by atoms with van der Waals surface area (Å²) in [5, 5.41) is 21.4. The Hall–Kier alpha value is -1.49. The molecule has 1 aliphatic carbocycles. The molecule has 2 aromatic rings. The van der Waals surface area contributed by atoms with Crippen LogP contribution in [0.1, 0.15) is 5.56 Å². The minimum Gasteiger partial charge on any atom is -0.396 e. The molecule has 1 aliphatic heterocycles. The van der Waals surface area contributed by atoms with Crippen LogP contribution in [0.2, 0.25) is 0 Å². The highest BCUT2D eigenvalue weighted by Crippen LogP contribution is 2.62. The molecule has 2 unspecified atom stereocenters. The average molecular weight is 284 g/mol. The van der Waals surface area contributed by atoms with E-state index in [9.17, 15) is 10.2 Å². The van der Waals surface area contributed by atoms with Crippen molar-refractivity contribution in [3.8, 4) is 0 Å². The Balaban J connectivity index is 1.51. The van der Waals surface area contributed by atoms with Crippen LogP contribution in [0, 0.1) is 17.3 Å². The van der Waals surface area contributed by atoms with Gasteiger partial charge in [0.15, 0.2) is 0 Å². The first-order valence-electron chi connectivity index (χ1n) is 7.54. The maximum atomic E-state index is 9.49. The standard InChI is InChI=1S/C17H20N2O2/c20-10-17(11-21)15-8-19(9-16(15)17)7-13-3-1-2-12-6-18-5-4-14(12)13/h1-6,15-16,20-21H,7-11H2. The summed E-state index contributed by atoms with van der Waals surface area (Å²) in [4.78, 5) is 6.62. The molecular weight excluding hydrogens is 264 g/mol. The molecule has 0 spiro atoms. The molecule has 110 valence electrons. The summed E-state index contributed by atoms with van der Waals surface area (Å²) in [6.45, 7) is 3.13. The number of nitrogens with zero attached hydrogens (tertiary/aromatic N) is 2. The molecule has 1 saturated carbocycles. The van der Waals surface area contributed by atoms with E-state index in [0.717, 1.165) is 19.6 Å². The Morgan fingerprint density at radius 3 is 2.62 bits per heavy atom. The second-order valence-corrected chi connectivity index (χ2v) is 6.47. The van der Waals surface area contributed by atoms with Crippen molar-refractivity contribution in [3.63, 3.8) is 0 Å². The maximum Gasteiger partial charge on any atom is 0.0515 e. The second kappa shape index (κ2) is 4.77. The van der Waals surface area contributed by atoms with E-state index < -0.39 is 0 Å². The van der Waals surface area contributed by atoms with Crippen LogP contribution in [-0.2, 0) is 6.54 Å². The smallest absolute Gasteiger partial charge is 0.0515 e. The Kier molecular flexibility index (Phi) is 2.99. The zero-order valence-corrected chi connectivity index (χ0v) is 11.9. The highest BCUT2D eigenvalue weighted by atomic mass is 16.3. The van der Waals surface area contributed by atoms with Crippen molar-refractivity contribution in [3.05, 3.63) is 42.2 Å². The summed E-state index contributed by atoms with van der Waals surface area (Å²) in [7, 11) is 0. The normalized spacial score (nSPS) is 27.0. The number of likely N-dealkylation sites (tertiary alicyclic amines) is 1. The van der Waals surface area contributed by atoms with Crippen LogP contribution in [0.25, 0.3) is 10.8 Å². The van der Waals surface area contributed by atoms with Gasteiger partial charge in [0, 0.05) is 42.8 Å². The molecule has 1 aromatic heterocycles. The lowest BCUT2D eigenvalue weighted by molar-refractivity contribution is 0.0869. The molecule has 1 aromatic carbocycles. The van der Waals surface area contributed by atoms with Crippen LogP contribution >= 0.6 is 0 Å². The molecule has 2 atom stereocenters. The van der Waals surface area contributed by atoms with Gasteiger partial charge in [-0.3, -0.25) is 9.88 Å². The first-order chi connectivity index (χ1) is 10.3. The minimum atomic E-state index is -0.195. The van der Waals surface area contributed by atoms with Crippen LogP contribution in [0.15, 0.2) is 36.7 Å². The maximum absolute atomic E-state index is 9.49. The number of rotatable bonds is 4. The lowest BCUT2D eigenvalue weighted by Crippen LogP contribution is -2.31. The topological polar surface area (TPSA) is 56.6 Å². The van der Waals surface area contributed by atoms with E-state index in [4.69, 9.17) is 0 Å². The van der Waals surface area contributed by atoms with Crippen LogP contribution in [0.4, 0.5) is 0 Å². The molecule has 0 bridgehead atoms. The van der Waals surface area contributed by atoms with Crippen LogP contribution in [0.5, 0.6) is 0 Å². The fourth-order valence-electron chi connectivity index (χ4n) is 4.14. The van der Waals surface area contributed by atoms with Gasteiger partial charge in [-0.25, -0.2) is 0 Å². The van der Waals surface area contributed by atoms with Crippen LogP contribution in [-0.4, -0.2) is 46.4 Å². The predicted octanol–water partition coefficient (Wildman–Crippen LogP) is 1.27. The average Bonchev–Trinajstić information content (AvgIpc) is 2.89. The molecule has 2 heterocycles. The Labute approximate surface area is 124 Å². The molecule has 0 amide bonds. The zero-order chi connectivity index (χ0) is 14.4. The summed E-state index contributed by atoms with van der Waals surface area (Å²) >= 11 is 0. The SMILES string of the molecule is OCC1(CO)C2CN(Cc3cccc4cnccc34)CC21. The summed E-state index contributed by atoms with van der Waals surface area (Å²) in [5.41, 5.74) is 1.13. The van der Waals surface area contributed by atoms with E-state index in [2.05, 4.69) is 34.1 Å². The van der Waals surface area contributed by atoms with Gasteiger partial charge in [-0.2, -0.15) is 0 Å². The van der Waals surface area contributed by atoms with Crippen molar-refractivity contribution >= 4 is 10.8 Å². The quantitative estimate of drug-likeness (QED) is 0.887. The van der Waals surface area contributed by atoms with Crippen LogP contribution in [0.3, 0.4) is 0 Å². The van der Waals surface area contributed by atoms with Gasteiger partial charge in [0.05, 0.1) is 13.2 Å². The second-order valence-electron chi connectivity index (χ2n) is 6.47. The van der Waals surface area contributed by atoms with E-state index in [1.807, 2.05) is 12.4 Å². The molecule has 1 saturated heterocycles. The van der Waals surface area contributed by atoms with E-state index in [0.29, 0.717) is 11.8 Å². The number of benzene rings is 1. The van der Waals surface area contributed by atoms with Gasteiger partial charge in [-0.1, -0.05) is 18.2 Å². The van der Waals surface area contributed by atoms with Crippen molar-refractivity contribution < 1.29 is 10.2 Å². The molecule has 2 fully saturated rings. The predicted molar refractivity (Wildman–Crippen MR) is 80.6 cm³/mol. The number of aliphatic hydroxyl groups is 2. The fraction of sp³-hybridized carbons (Fsp3) is 0.471. The number of fused-ring (bicyclic) bond motifs is 2. The largest absolute Gasteiger partial charge is 0.396 e. The molecular formula is C17H20N2O2. The Morgan fingerprint density at radius 1 is 1.14 bits per heavy atom. The fourth-order valence-corrected chi connectivity index (χ4v) is 4.14. The van der Waals surface area contributed by atoms with Crippen molar-refractivity contribution in [2.75, 3.05) is 26.3 Å². The molecule has 21 heavy (non-hydrogen) atoms. The third-order valence-corrected chi connectivity index (χ3v) is 5.52. The van der Waals surface area contributed by atoms with Crippen molar-refractivity contribution in [1.29, 1.82) is 0 Å². The highest BCUT2D eigenvalue weighted by molar-refractivity contribution is 5.84. The van der Waals surface area contributed by atoms with Crippen LogP contribution < -0.4 is 0 Å². The monoisotopic (exact) mass is 284 g/mol. The number of hydrogen-bond acceptors (Lipinski definition) is 4. The minimum absolute atomic E-state index is 0.118. The van der Waals surface area contributed by atoms with Gasteiger partial charge >= 0.3 is 0 Å². The Bertz CT molecular complexity index is 649. The number of aromatic nitrogens is 1. The number of hydrogen-bond donors (Lipinski definition) is 2. The summed E-state index contributed by atoms with van der Waals surface area (Å²) < 4.78 is 0. The van der Waals surface area contributed by atoms with Gasteiger partial charge < -0.3 is 10.2 Å². The van der Waals surface area contributed by atoms with Crippen molar-refractivity contribution in [2.24, 2.45) is 17.3 Å². The first-order valence-corrected chi connectivity index (χ1v) is 7.54. The third kappa shape index (κ3) is 1.90.